The van der Waals surface area contributed by atoms with Gasteiger partial charge in [-0.15, -0.1) is 0 Å². The molecule has 0 aromatic heterocycles. The summed E-state index contributed by atoms with van der Waals surface area (Å²) in [4.78, 5) is 11.6. The van der Waals surface area contributed by atoms with Crippen LogP contribution in [0.2, 0.25) is 5.02 Å². The third kappa shape index (κ3) is 2.92. The molecule has 1 aromatic rings. The molecule has 0 saturated carbocycles. The lowest BCUT2D eigenvalue weighted by Gasteiger charge is -2.33. The minimum absolute atomic E-state index is 0.154. The van der Waals surface area contributed by atoms with Gasteiger partial charge in [0.25, 0.3) is 0 Å². The zero-order valence-electron chi connectivity index (χ0n) is 11.7. The maximum atomic E-state index is 11.6. The lowest BCUT2D eigenvalue weighted by Crippen LogP contribution is -2.40. The van der Waals surface area contributed by atoms with Crippen molar-refractivity contribution < 1.29 is 15.0 Å². The molecular formula is C16H18ClNO3. The second kappa shape index (κ2) is 5.70. The summed E-state index contributed by atoms with van der Waals surface area (Å²) in [5.41, 5.74) is 3.40. The van der Waals surface area contributed by atoms with Crippen LogP contribution in [0.5, 0.6) is 11.5 Å². The average Bonchev–Trinajstić information content (AvgIpc) is 2.44. The highest BCUT2D eigenvalue weighted by Crippen LogP contribution is 2.35. The molecule has 112 valence electrons. The number of ketones is 1. The molecule has 1 aromatic carbocycles. The zero-order chi connectivity index (χ0) is 15.0. The van der Waals surface area contributed by atoms with E-state index in [4.69, 9.17) is 11.6 Å². The first-order valence-corrected chi connectivity index (χ1v) is 7.58. The van der Waals surface area contributed by atoms with Crippen LogP contribution in [0.15, 0.2) is 23.3 Å². The van der Waals surface area contributed by atoms with Gasteiger partial charge in [-0.3, -0.25) is 4.79 Å². The second-order valence-electron chi connectivity index (χ2n) is 5.74. The molecule has 0 saturated heterocycles. The van der Waals surface area contributed by atoms with Crippen molar-refractivity contribution in [3.63, 3.8) is 0 Å². The highest BCUT2D eigenvalue weighted by atomic mass is 35.5. The number of aromatic hydroxyl groups is 2. The smallest absolute Gasteiger partial charge is 0.158 e. The van der Waals surface area contributed by atoms with E-state index >= 15 is 0 Å². The Hall–Kier alpha value is -1.52. The summed E-state index contributed by atoms with van der Waals surface area (Å²) in [7, 11) is 0. The summed E-state index contributed by atoms with van der Waals surface area (Å²) in [6, 6.07) is 3.04. The van der Waals surface area contributed by atoms with Crippen molar-refractivity contribution in [3.05, 3.63) is 33.9 Å². The maximum Gasteiger partial charge on any atom is 0.158 e. The van der Waals surface area contributed by atoms with Crippen LogP contribution in [-0.2, 0) is 11.2 Å². The Balaban J connectivity index is 1.86. The summed E-state index contributed by atoms with van der Waals surface area (Å²) < 4.78 is 0. The van der Waals surface area contributed by atoms with Gasteiger partial charge in [0.1, 0.15) is 5.78 Å². The van der Waals surface area contributed by atoms with Crippen LogP contribution in [0, 0.1) is 0 Å². The minimum Gasteiger partial charge on any atom is -0.504 e. The van der Waals surface area contributed by atoms with Gasteiger partial charge in [-0.25, -0.2) is 0 Å². The molecule has 0 radical (unpaired) electrons. The van der Waals surface area contributed by atoms with Gasteiger partial charge in [0, 0.05) is 30.0 Å². The fourth-order valence-corrected chi connectivity index (χ4v) is 3.48. The summed E-state index contributed by atoms with van der Waals surface area (Å²) in [6.45, 7) is 0.860. The third-order valence-corrected chi connectivity index (χ3v) is 4.70. The van der Waals surface area contributed by atoms with Gasteiger partial charge in [0.15, 0.2) is 11.5 Å². The van der Waals surface area contributed by atoms with Crippen molar-refractivity contribution >= 4 is 17.4 Å². The zero-order valence-corrected chi connectivity index (χ0v) is 12.4. The van der Waals surface area contributed by atoms with Gasteiger partial charge in [-0.1, -0.05) is 22.7 Å². The lowest BCUT2D eigenvalue weighted by molar-refractivity contribution is -0.118. The molecule has 1 atom stereocenters. The van der Waals surface area contributed by atoms with Gasteiger partial charge in [0.05, 0.1) is 0 Å². The van der Waals surface area contributed by atoms with Crippen LogP contribution < -0.4 is 5.32 Å². The summed E-state index contributed by atoms with van der Waals surface area (Å²) in [5.74, 6) is -0.0311. The normalized spacial score (nSPS) is 22.3. The Morgan fingerprint density at radius 2 is 1.95 bits per heavy atom. The molecule has 3 N–H and O–H groups in total. The molecule has 3 rings (SSSR count). The van der Waals surface area contributed by atoms with E-state index in [1.54, 1.807) is 0 Å². The molecule has 0 spiro atoms. The van der Waals surface area contributed by atoms with E-state index in [9.17, 15) is 15.0 Å². The highest BCUT2D eigenvalue weighted by Gasteiger charge is 2.28. The Kier molecular flexibility index (Phi) is 3.91. The number of rotatable bonds is 2. The Bertz CT molecular complexity index is 624. The number of carbonyl (C=O) groups excluding carboxylic acids is 1. The van der Waals surface area contributed by atoms with Crippen molar-refractivity contribution in [1.29, 1.82) is 0 Å². The topological polar surface area (TPSA) is 69.6 Å². The second-order valence-corrected chi connectivity index (χ2v) is 6.14. The number of Topliss-reactive ketones (excluding diaryl/α,β-unsaturated/α-hetero) is 1. The van der Waals surface area contributed by atoms with Crippen LogP contribution >= 0.6 is 11.6 Å². The predicted octanol–water partition coefficient (Wildman–Crippen LogP) is 2.71. The number of phenols is 2. The fraction of sp³-hybridized carbons (Fsp3) is 0.438. The summed E-state index contributed by atoms with van der Waals surface area (Å²) >= 11 is 6.15. The van der Waals surface area contributed by atoms with Crippen LogP contribution in [0.25, 0.3) is 0 Å². The molecule has 2 aliphatic rings. The Morgan fingerprint density at radius 1 is 1.19 bits per heavy atom. The first-order chi connectivity index (χ1) is 10.0. The summed E-state index contributed by atoms with van der Waals surface area (Å²) in [6.07, 6.45) is 3.60. The van der Waals surface area contributed by atoms with Crippen LogP contribution in [-0.4, -0.2) is 28.6 Å². The van der Waals surface area contributed by atoms with Gasteiger partial charge < -0.3 is 15.5 Å². The van der Waals surface area contributed by atoms with Gasteiger partial charge in [-0.2, -0.15) is 0 Å². The molecule has 21 heavy (non-hydrogen) atoms. The molecule has 1 aliphatic heterocycles. The van der Waals surface area contributed by atoms with E-state index in [2.05, 4.69) is 5.32 Å². The van der Waals surface area contributed by atoms with Crippen LogP contribution in [0.1, 0.15) is 31.2 Å². The van der Waals surface area contributed by atoms with Crippen molar-refractivity contribution in [2.75, 3.05) is 6.54 Å². The quantitative estimate of drug-likeness (QED) is 0.580. The van der Waals surface area contributed by atoms with E-state index in [-0.39, 0.29) is 17.5 Å². The molecular weight excluding hydrogens is 290 g/mol. The van der Waals surface area contributed by atoms with Gasteiger partial charge in [-0.05, 0) is 37.4 Å². The molecule has 1 aliphatic carbocycles. The maximum absolute atomic E-state index is 11.6. The molecule has 5 heteroatoms. The molecule has 0 bridgehead atoms. The van der Waals surface area contributed by atoms with E-state index < -0.39 is 0 Å². The molecule has 1 heterocycles. The molecule has 0 amide bonds. The Morgan fingerprint density at radius 3 is 2.76 bits per heavy atom. The van der Waals surface area contributed by atoms with Crippen molar-refractivity contribution in [3.8, 4) is 11.5 Å². The monoisotopic (exact) mass is 307 g/mol. The van der Waals surface area contributed by atoms with E-state index in [1.165, 1.54) is 23.3 Å². The van der Waals surface area contributed by atoms with Crippen molar-refractivity contribution in [2.45, 2.75) is 38.1 Å². The number of benzene rings is 1. The molecule has 0 fully saturated rings. The van der Waals surface area contributed by atoms with E-state index in [1.807, 2.05) is 0 Å². The van der Waals surface area contributed by atoms with Crippen LogP contribution in [0.4, 0.5) is 0 Å². The lowest BCUT2D eigenvalue weighted by atomic mass is 9.81. The average molecular weight is 308 g/mol. The fourth-order valence-electron chi connectivity index (χ4n) is 3.25. The van der Waals surface area contributed by atoms with Crippen LogP contribution in [0.3, 0.4) is 0 Å². The number of hydrogen-bond donors (Lipinski definition) is 3. The third-order valence-electron chi connectivity index (χ3n) is 4.34. The first-order valence-electron chi connectivity index (χ1n) is 7.21. The predicted molar refractivity (Wildman–Crippen MR) is 80.8 cm³/mol. The van der Waals surface area contributed by atoms with Crippen molar-refractivity contribution in [2.24, 2.45) is 0 Å². The van der Waals surface area contributed by atoms with E-state index in [0.717, 1.165) is 24.9 Å². The van der Waals surface area contributed by atoms with Crippen molar-refractivity contribution in [1.82, 2.24) is 5.32 Å². The first kappa shape index (κ1) is 14.4. The number of hydrogen-bond acceptors (Lipinski definition) is 4. The summed E-state index contributed by atoms with van der Waals surface area (Å²) in [5, 5.41) is 23.0. The van der Waals surface area contributed by atoms with E-state index in [0.29, 0.717) is 30.1 Å². The molecule has 4 nitrogen and oxygen atoms in total. The number of phenolic OH excluding ortho intramolecular Hbond substituents is 2. The largest absolute Gasteiger partial charge is 0.504 e. The van der Waals surface area contributed by atoms with Gasteiger partial charge in [0.2, 0.25) is 0 Å². The van der Waals surface area contributed by atoms with Gasteiger partial charge >= 0.3 is 0 Å². The number of halogens is 1. The molecule has 0 unspecified atom stereocenters. The SMILES string of the molecule is O=C1CCC2=C(CCN[C@H]2Cc2cc(O)c(O)cc2Cl)C1. The standard InChI is InChI=1S/C16H18ClNO3/c17-13-8-16(21)15(20)7-10(13)6-14-12-2-1-11(19)5-9(12)3-4-18-14/h7-8,14,18,20-21H,1-6H2/t14-/m0/s1. The minimum atomic E-state index is -0.205. The number of carbonyl (C=O) groups is 1. The number of nitrogens with one attached hydrogen (secondary N) is 1. The highest BCUT2D eigenvalue weighted by molar-refractivity contribution is 6.31. The Labute approximate surface area is 128 Å².